The molecule has 110 valence electrons. The second-order valence-electron chi connectivity index (χ2n) is 6.76. The predicted octanol–water partition coefficient (Wildman–Crippen LogP) is 1.74. The van der Waals surface area contributed by atoms with Crippen LogP contribution in [0.1, 0.15) is 42.6 Å². The molecule has 4 aliphatic carbocycles. The second kappa shape index (κ2) is 4.63. The Morgan fingerprint density at radius 2 is 2.05 bits per heavy atom. The fraction of sp³-hybridized carbons (Fsp3) is 0.562. The molecule has 4 saturated carbocycles. The minimum absolute atomic E-state index is 0.268. The predicted molar refractivity (Wildman–Crippen MR) is 77.6 cm³/mol. The van der Waals surface area contributed by atoms with Gasteiger partial charge >= 0.3 is 0 Å². The summed E-state index contributed by atoms with van der Waals surface area (Å²) in [5, 5.41) is 14.9. The van der Waals surface area contributed by atoms with Crippen molar-refractivity contribution in [2.24, 2.45) is 22.9 Å². The molecule has 5 rings (SSSR count). The SMILES string of the molecule is O=C(NN=C1[C@H]2CC3C[C@H]1CC(O)(C3)C2)c1ccccn1. The lowest BCUT2D eigenvalue weighted by molar-refractivity contribution is -0.0825. The highest BCUT2D eigenvalue weighted by atomic mass is 16.3. The molecule has 1 aromatic rings. The van der Waals surface area contributed by atoms with Crippen molar-refractivity contribution in [1.82, 2.24) is 10.4 Å². The molecule has 5 heteroatoms. The van der Waals surface area contributed by atoms with Crippen LogP contribution in [0.2, 0.25) is 0 Å². The van der Waals surface area contributed by atoms with Crippen molar-refractivity contribution in [2.45, 2.75) is 37.7 Å². The number of rotatable bonds is 2. The van der Waals surface area contributed by atoms with Crippen LogP contribution in [-0.2, 0) is 0 Å². The van der Waals surface area contributed by atoms with Crippen molar-refractivity contribution >= 4 is 11.6 Å². The Morgan fingerprint density at radius 1 is 1.29 bits per heavy atom. The third-order valence-electron chi connectivity index (χ3n) is 5.18. The van der Waals surface area contributed by atoms with Crippen LogP contribution in [0, 0.1) is 17.8 Å². The number of aromatic nitrogens is 1. The monoisotopic (exact) mass is 285 g/mol. The lowest BCUT2D eigenvalue weighted by atomic mass is 9.53. The second-order valence-corrected chi connectivity index (χ2v) is 6.76. The Morgan fingerprint density at radius 3 is 2.67 bits per heavy atom. The molecule has 0 radical (unpaired) electrons. The summed E-state index contributed by atoms with van der Waals surface area (Å²) >= 11 is 0. The summed E-state index contributed by atoms with van der Waals surface area (Å²) in [5.74, 6) is 1.05. The van der Waals surface area contributed by atoms with E-state index in [1.807, 2.05) is 0 Å². The Bertz CT molecular complexity index is 581. The fourth-order valence-electron chi connectivity index (χ4n) is 4.58. The zero-order valence-electron chi connectivity index (χ0n) is 11.8. The van der Waals surface area contributed by atoms with Gasteiger partial charge in [0.2, 0.25) is 0 Å². The summed E-state index contributed by atoms with van der Waals surface area (Å²) in [6.07, 6.45) is 6.37. The van der Waals surface area contributed by atoms with Crippen LogP contribution < -0.4 is 5.43 Å². The molecule has 1 heterocycles. The zero-order valence-corrected chi connectivity index (χ0v) is 11.8. The van der Waals surface area contributed by atoms with Gasteiger partial charge in [-0.05, 0) is 50.2 Å². The number of carbonyl (C=O) groups excluding carboxylic acids is 1. The highest BCUT2D eigenvalue weighted by molar-refractivity contribution is 5.95. The van der Waals surface area contributed by atoms with Crippen molar-refractivity contribution in [3.63, 3.8) is 0 Å². The highest BCUT2D eigenvalue weighted by Gasteiger charge is 2.53. The first-order valence-electron chi connectivity index (χ1n) is 7.64. The maximum absolute atomic E-state index is 12.0. The van der Waals surface area contributed by atoms with Gasteiger partial charge in [-0.15, -0.1) is 0 Å². The van der Waals surface area contributed by atoms with E-state index in [0.717, 1.165) is 37.8 Å². The van der Waals surface area contributed by atoms with Crippen LogP contribution in [0.3, 0.4) is 0 Å². The van der Waals surface area contributed by atoms with Gasteiger partial charge in [-0.25, -0.2) is 5.43 Å². The summed E-state index contributed by atoms with van der Waals surface area (Å²) in [5.41, 5.74) is 3.63. The van der Waals surface area contributed by atoms with E-state index in [9.17, 15) is 9.90 Å². The van der Waals surface area contributed by atoms with Crippen LogP contribution in [0.15, 0.2) is 29.5 Å². The lowest BCUT2D eigenvalue weighted by Crippen LogP contribution is -2.55. The first kappa shape index (κ1) is 13.0. The quantitative estimate of drug-likeness (QED) is 0.813. The molecule has 0 saturated heterocycles. The lowest BCUT2D eigenvalue weighted by Gasteiger charge is -2.54. The number of nitrogens with zero attached hydrogens (tertiary/aromatic N) is 2. The van der Waals surface area contributed by atoms with E-state index in [1.165, 1.54) is 0 Å². The molecule has 1 amide bonds. The summed E-state index contributed by atoms with van der Waals surface area (Å²) < 4.78 is 0. The molecule has 5 nitrogen and oxygen atoms in total. The third kappa shape index (κ3) is 2.25. The van der Waals surface area contributed by atoms with Gasteiger partial charge < -0.3 is 5.11 Å². The van der Waals surface area contributed by atoms with Gasteiger partial charge in [0, 0.05) is 23.7 Å². The van der Waals surface area contributed by atoms with E-state index in [1.54, 1.807) is 24.4 Å². The van der Waals surface area contributed by atoms with Crippen LogP contribution >= 0.6 is 0 Å². The molecular formula is C16H19N3O2. The third-order valence-corrected chi connectivity index (χ3v) is 5.18. The molecule has 0 unspecified atom stereocenters. The average Bonchev–Trinajstić information content (AvgIpc) is 2.45. The van der Waals surface area contributed by atoms with E-state index < -0.39 is 5.60 Å². The van der Waals surface area contributed by atoms with Crippen LogP contribution in [0.5, 0.6) is 0 Å². The van der Waals surface area contributed by atoms with Gasteiger partial charge in [-0.2, -0.15) is 5.10 Å². The number of nitrogens with one attached hydrogen (secondary N) is 1. The van der Waals surface area contributed by atoms with Gasteiger partial charge in [0.25, 0.3) is 5.91 Å². The smallest absolute Gasteiger partial charge is 0.289 e. The summed E-state index contributed by atoms with van der Waals surface area (Å²) in [7, 11) is 0. The van der Waals surface area contributed by atoms with E-state index in [2.05, 4.69) is 15.5 Å². The summed E-state index contributed by atoms with van der Waals surface area (Å²) in [6, 6.07) is 5.24. The standard InChI is InChI=1S/C16H19N3O2/c20-15(13-3-1-2-4-17-13)19-18-14-11-5-10-6-12(14)9-16(21,7-10)8-11/h1-4,10-12,21H,5-9H2,(H,19,20)/t10?,11-,12-,16?/m0/s1. The fourth-order valence-corrected chi connectivity index (χ4v) is 4.58. The molecule has 4 bridgehead atoms. The van der Waals surface area contributed by atoms with Gasteiger partial charge in [-0.3, -0.25) is 9.78 Å². The Kier molecular flexibility index (Phi) is 2.85. The van der Waals surface area contributed by atoms with E-state index >= 15 is 0 Å². The average molecular weight is 285 g/mol. The topological polar surface area (TPSA) is 74.6 Å². The summed E-state index contributed by atoms with van der Waals surface area (Å²) in [6.45, 7) is 0. The molecule has 21 heavy (non-hydrogen) atoms. The Balaban J connectivity index is 1.51. The van der Waals surface area contributed by atoms with Crippen molar-refractivity contribution in [3.8, 4) is 0 Å². The molecule has 0 aromatic carbocycles. The number of hydrazone groups is 1. The number of carbonyl (C=O) groups is 1. The van der Waals surface area contributed by atoms with Crippen molar-refractivity contribution in [2.75, 3.05) is 0 Å². The van der Waals surface area contributed by atoms with Gasteiger partial charge in [-0.1, -0.05) is 6.07 Å². The van der Waals surface area contributed by atoms with Gasteiger partial charge in [0.1, 0.15) is 5.69 Å². The van der Waals surface area contributed by atoms with Gasteiger partial charge in [0.05, 0.1) is 5.60 Å². The van der Waals surface area contributed by atoms with Crippen molar-refractivity contribution in [3.05, 3.63) is 30.1 Å². The minimum Gasteiger partial charge on any atom is -0.390 e. The Labute approximate surface area is 123 Å². The molecule has 0 aliphatic heterocycles. The van der Waals surface area contributed by atoms with E-state index in [0.29, 0.717) is 23.4 Å². The van der Waals surface area contributed by atoms with Gasteiger partial charge in [0.15, 0.2) is 0 Å². The number of hydrogen-bond acceptors (Lipinski definition) is 4. The van der Waals surface area contributed by atoms with Crippen molar-refractivity contribution < 1.29 is 9.90 Å². The normalized spacial score (nSPS) is 36.6. The van der Waals surface area contributed by atoms with Crippen LogP contribution in [-0.4, -0.2) is 27.3 Å². The zero-order chi connectivity index (χ0) is 14.4. The minimum atomic E-state index is -0.472. The van der Waals surface area contributed by atoms with E-state index in [-0.39, 0.29) is 5.91 Å². The van der Waals surface area contributed by atoms with Crippen LogP contribution in [0.25, 0.3) is 0 Å². The maximum atomic E-state index is 12.0. The first-order valence-corrected chi connectivity index (χ1v) is 7.64. The molecule has 2 N–H and O–H groups in total. The molecule has 2 atom stereocenters. The number of hydrogen-bond donors (Lipinski definition) is 2. The molecule has 1 aromatic heterocycles. The highest BCUT2D eigenvalue weighted by Crippen LogP contribution is 2.54. The Hall–Kier alpha value is -1.75. The maximum Gasteiger partial charge on any atom is 0.289 e. The number of pyridine rings is 1. The van der Waals surface area contributed by atoms with E-state index in [4.69, 9.17) is 0 Å². The largest absolute Gasteiger partial charge is 0.390 e. The molecule has 0 spiro atoms. The van der Waals surface area contributed by atoms with Crippen LogP contribution in [0.4, 0.5) is 0 Å². The first-order chi connectivity index (χ1) is 10.1. The summed E-state index contributed by atoms with van der Waals surface area (Å²) in [4.78, 5) is 16.0. The molecule has 4 aliphatic rings. The number of aliphatic hydroxyl groups is 1. The molecular weight excluding hydrogens is 266 g/mol. The molecule has 4 fully saturated rings. The van der Waals surface area contributed by atoms with Crippen molar-refractivity contribution in [1.29, 1.82) is 0 Å². The number of amides is 1.